The van der Waals surface area contributed by atoms with Gasteiger partial charge in [-0.15, -0.1) is 0 Å². The van der Waals surface area contributed by atoms with Crippen molar-refractivity contribution < 1.29 is 63.5 Å². The fourth-order valence-corrected chi connectivity index (χ4v) is 2.41. The van der Waals surface area contributed by atoms with E-state index in [9.17, 15) is 44.8 Å². The third-order valence-corrected chi connectivity index (χ3v) is 4.33. The van der Waals surface area contributed by atoms with Gasteiger partial charge >= 0.3 is 39.5 Å². The Morgan fingerprint density at radius 2 is 1.41 bits per heavy atom. The number of esters is 3. The molecule has 0 aliphatic carbocycles. The van der Waals surface area contributed by atoms with Crippen LogP contribution in [-0.4, -0.2) is 54.7 Å². The van der Waals surface area contributed by atoms with Crippen molar-refractivity contribution in [3.8, 4) is 0 Å². The van der Waals surface area contributed by atoms with Crippen molar-refractivity contribution in [2.45, 2.75) is 37.7 Å². The van der Waals surface area contributed by atoms with Gasteiger partial charge in [-0.2, -0.15) is 30.4 Å². The van der Waals surface area contributed by atoms with Crippen LogP contribution in [0.4, 0.5) is 22.0 Å². The number of benzene rings is 1. The van der Waals surface area contributed by atoms with Crippen molar-refractivity contribution in [3.05, 3.63) is 47.5 Å². The molecule has 0 aromatic heterocycles. The summed E-state index contributed by atoms with van der Waals surface area (Å²) in [5.41, 5.74) is -1.86. The standard InChI is InChI=1S/C17H15F5O9S/c1-8(2)12(23)29-9(3)30-13(24)10-6-4-5-7-11(10)14(25)31-15(16(18,19)20)17(21,22)32(26,27)28/h4-7,9,15H,1H2,2-3H3,(H,26,27,28). The van der Waals surface area contributed by atoms with Crippen LogP contribution < -0.4 is 0 Å². The smallest absolute Gasteiger partial charge is 0.432 e. The van der Waals surface area contributed by atoms with E-state index in [1.165, 1.54) is 6.92 Å². The summed E-state index contributed by atoms with van der Waals surface area (Å²) >= 11 is 0. The van der Waals surface area contributed by atoms with Gasteiger partial charge < -0.3 is 14.2 Å². The van der Waals surface area contributed by atoms with Gasteiger partial charge in [-0.05, 0) is 19.1 Å². The second-order valence-electron chi connectivity index (χ2n) is 6.07. The highest BCUT2D eigenvalue weighted by Gasteiger charge is 2.66. The van der Waals surface area contributed by atoms with E-state index in [-0.39, 0.29) is 5.57 Å². The van der Waals surface area contributed by atoms with Crippen LogP contribution >= 0.6 is 0 Å². The highest BCUT2D eigenvalue weighted by molar-refractivity contribution is 7.86. The lowest BCUT2D eigenvalue weighted by Crippen LogP contribution is -2.52. The average Bonchev–Trinajstić information content (AvgIpc) is 2.63. The maximum absolute atomic E-state index is 13.6. The highest BCUT2D eigenvalue weighted by atomic mass is 32.2. The van der Waals surface area contributed by atoms with Crippen LogP contribution in [0.25, 0.3) is 0 Å². The van der Waals surface area contributed by atoms with Crippen molar-refractivity contribution in [2.24, 2.45) is 0 Å². The van der Waals surface area contributed by atoms with Crippen LogP contribution in [0, 0.1) is 0 Å². The molecule has 0 spiro atoms. The molecule has 0 heterocycles. The van der Waals surface area contributed by atoms with Crippen LogP contribution in [0.5, 0.6) is 0 Å². The molecular weight excluding hydrogens is 475 g/mol. The summed E-state index contributed by atoms with van der Waals surface area (Å²) in [6.45, 7) is 5.63. The molecule has 0 saturated heterocycles. The Morgan fingerprint density at radius 1 is 0.969 bits per heavy atom. The lowest BCUT2D eigenvalue weighted by Gasteiger charge is -2.26. The molecule has 2 atom stereocenters. The van der Waals surface area contributed by atoms with E-state index in [1.54, 1.807) is 0 Å². The number of ether oxygens (including phenoxy) is 3. The molecule has 2 unspecified atom stereocenters. The molecule has 1 aromatic carbocycles. The van der Waals surface area contributed by atoms with Crippen molar-refractivity contribution in [3.63, 3.8) is 0 Å². The molecule has 0 aliphatic heterocycles. The lowest BCUT2D eigenvalue weighted by atomic mass is 10.1. The summed E-state index contributed by atoms with van der Waals surface area (Å²) in [5, 5.41) is -5.96. The fraction of sp³-hybridized carbons (Fsp3) is 0.353. The minimum Gasteiger partial charge on any atom is -0.441 e. The third-order valence-electron chi connectivity index (χ3n) is 3.43. The molecule has 0 radical (unpaired) electrons. The van der Waals surface area contributed by atoms with Crippen molar-refractivity contribution in [1.82, 2.24) is 0 Å². The van der Waals surface area contributed by atoms with Crippen LogP contribution in [0.2, 0.25) is 0 Å². The summed E-state index contributed by atoms with van der Waals surface area (Å²) in [7, 11) is -6.65. The van der Waals surface area contributed by atoms with E-state index < -0.39 is 63.0 Å². The van der Waals surface area contributed by atoms with Gasteiger partial charge in [0.15, 0.2) is 0 Å². The second kappa shape index (κ2) is 9.60. The predicted molar refractivity (Wildman–Crippen MR) is 94.0 cm³/mol. The first-order chi connectivity index (χ1) is 14.4. The monoisotopic (exact) mass is 490 g/mol. The Bertz CT molecular complexity index is 1020. The Hall–Kier alpha value is -3.07. The average molecular weight is 490 g/mol. The summed E-state index contributed by atoms with van der Waals surface area (Å²) in [6.07, 6.45) is -12.3. The molecular formula is C17H15F5O9S. The molecule has 1 aromatic rings. The van der Waals surface area contributed by atoms with E-state index in [0.29, 0.717) is 6.07 Å². The number of carbonyl (C=O) groups excluding carboxylic acids is 3. The summed E-state index contributed by atoms with van der Waals surface area (Å²) in [5.74, 6) is -4.57. The highest BCUT2D eigenvalue weighted by Crippen LogP contribution is 2.38. The van der Waals surface area contributed by atoms with Crippen LogP contribution in [0.1, 0.15) is 34.6 Å². The largest absolute Gasteiger partial charge is 0.441 e. The zero-order valence-corrected chi connectivity index (χ0v) is 17.0. The van der Waals surface area contributed by atoms with Gasteiger partial charge in [0, 0.05) is 12.5 Å². The fourth-order valence-electron chi connectivity index (χ4n) is 1.96. The summed E-state index contributed by atoms with van der Waals surface area (Å²) in [6, 6.07) is 3.67. The lowest BCUT2D eigenvalue weighted by molar-refractivity contribution is -0.248. The number of rotatable bonds is 8. The Morgan fingerprint density at radius 3 is 1.78 bits per heavy atom. The first kappa shape index (κ1) is 27.0. The van der Waals surface area contributed by atoms with E-state index in [1.807, 2.05) is 0 Å². The SMILES string of the molecule is C=C(C)C(=O)OC(C)OC(=O)c1ccccc1C(=O)OC(C(F)(F)F)C(F)(F)S(=O)(=O)O. The Labute approximate surface area is 177 Å². The normalized spacial score (nSPS) is 14.1. The summed E-state index contributed by atoms with van der Waals surface area (Å²) < 4.78 is 109. The molecule has 1 N–H and O–H groups in total. The second-order valence-corrected chi connectivity index (χ2v) is 7.56. The predicted octanol–water partition coefficient (Wildman–Crippen LogP) is 2.88. The van der Waals surface area contributed by atoms with Gasteiger partial charge in [0.25, 0.3) is 6.10 Å². The van der Waals surface area contributed by atoms with E-state index >= 15 is 0 Å². The maximum atomic E-state index is 13.6. The first-order valence-electron chi connectivity index (χ1n) is 8.18. The molecule has 0 aliphatic rings. The van der Waals surface area contributed by atoms with Crippen molar-refractivity contribution in [2.75, 3.05) is 0 Å². The molecule has 15 heteroatoms. The number of hydrogen-bond donors (Lipinski definition) is 1. The maximum Gasteiger partial charge on any atom is 0.432 e. The van der Waals surface area contributed by atoms with Crippen molar-refractivity contribution >= 4 is 28.0 Å². The minimum absolute atomic E-state index is 0.0603. The quantitative estimate of drug-likeness (QED) is 0.192. The van der Waals surface area contributed by atoms with E-state index in [2.05, 4.69) is 16.1 Å². The van der Waals surface area contributed by atoms with Crippen LogP contribution in [-0.2, 0) is 29.1 Å². The molecule has 0 bridgehead atoms. The number of hydrogen-bond acceptors (Lipinski definition) is 8. The zero-order valence-electron chi connectivity index (χ0n) is 16.2. The van der Waals surface area contributed by atoms with Crippen LogP contribution in [0.15, 0.2) is 36.4 Å². The number of alkyl halides is 5. The number of carbonyl (C=O) groups is 3. The van der Waals surface area contributed by atoms with Gasteiger partial charge in [0.1, 0.15) is 0 Å². The van der Waals surface area contributed by atoms with Gasteiger partial charge in [-0.25, -0.2) is 14.4 Å². The molecule has 1 rings (SSSR count). The van der Waals surface area contributed by atoms with Crippen molar-refractivity contribution in [1.29, 1.82) is 0 Å². The van der Waals surface area contributed by atoms with Gasteiger partial charge in [0.2, 0.25) is 6.29 Å². The third kappa shape index (κ3) is 6.46. The van der Waals surface area contributed by atoms with Gasteiger partial charge in [-0.3, -0.25) is 4.55 Å². The Kier molecular flexibility index (Phi) is 8.09. The zero-order chi connectivity index (χ0) is 25.1. The van der Waals surface area contributed by atoms with Gasteiger partial charge in [0.05, 0.1) is 11.1 Å². The first-order valence-corrected chi connectivity index (χ1v) is 9.62. The Balaban J connectivity index is 3.22. The van der Waals surface area contributed by atoms with Gasteiger partial charge in [-0.1, -0.05) is 18.7 Å². The van der Waals surface area contributed by atoms with Crippen LogP contribution in [0.3, 0.4) is 0 Å². The molecule has 0 saturated carbocycles. The topological polar surface area (TPSA) is 133 Å². The summed E-state index contributed by atoms with van der Waals surface area (Å²) in [4.78, 5) is 35.7. The molecule has 32 heavy (non-hydrogen) atoms. The molecule has 0 fully saturated rings. The minimum atomic E-state index is -6.65. The van der Waals surface area contributed by atoms with E-state index in [0.717, 1.165) is 25.1 Å². The number of halogens is 5. The van der Waals surface area contributed by atoms with E-state index in [4.69, 9.17) is 9.29 Å². The molecule has 0 amide bonds. The molecule has 178 valence electrons. The molecule has 9 nitrogen and oxygen atoms in total.